The lowest BCUT2D eigenvalue weighted by atomic mass is 10.3. The molecule has 0 radical (unpaired) electrons. The van der Waals surface area contributed by atoms with E-state index in [1.54, 1.807) is 6.07 Å². The molecule has 0 aliphatic heterocycles. The molecule has 7 heteroatoms. The van der Waals surface area contributed by atoms with Crippen LogP contribution in [0.3, 0.4) is 0 Å². The summed E-state index contributed by atoms with van der Waals surface area (Å²) in [4.78, 5) is 7.83. The van der Waals surface area contributed by atoms with Gasteiger partial charge in [0, 0.05) is 4.47 Å². The van der Waals surface area contributed by atoms with Crippen molar-refractivity contribution in [3.05, 3.63) is 40.0 Å². The SMILES string of the molecule is COc1c(Cl)ncnc1Nc1ccc(F)cc1Br. The Morgan fingerprint density at radius 2 is 2.17 bits per heavy atom. The van der Waals surface area contributed by atoms with Crippen LogP contribution in [0.2, 0.25) is 5.15 Å². The summed E-state index contributed by atoms with van der Waals surface area (Å²) < 4.78 is 18.6. The Morgan fingerprint density at radius 1 is 1.39 bits per heavy atom. The lowest BCUT2D eigenvalue weighted by Crippen LogP contribution is -2.00. The van der Waals surface area contributed by atoms with Crippen LogP contribution in [0.5, 0.6) is 5.75 Å². The van der Waals surface area contributed by atoms with Gasteiger partial charge in [0.2, 0.25) is 0 Å². The van der Waals surface area contributed by atoms with Crippen LogP contribution < -0.4 is 10.1 Å². The van der Waals surface area contributed by atoms with Gasteiger partial charge in [-0.2, -0.15) is 0 Å². The predicted octanol–water partition coefficient (Wildman–Crippen LogP) is 3.78. The van der Waals surface area contributed by atoms with Gasteiger partial charge in [0.1, 0.15) is 12.1 Å². The van der Waals surface area contributed by atoms with Crippen LogP contribution in [0.25, 0.3) is 0 Å². The third-order valence-electron chi connectivity index (χ3n) is 2.15. The van der Waals surface area contributed by atoms with Crippen molar-refractivity contribution in [1.29, 1.82) is 0 Å². The Hall–Kier alpha value is -1.40. The molecule has 1 aromatic carbocycles. The summed E-state index contributed by atoms with van der Waals surface area (Å²) in [5, 5.41) is 3.19. The molecule has 0 bridgehead atoms. The summed E-state index contributed by atoms with van der Waals surface area (Å²) in [6.07, 6.45) is 1.31. The molecule has 0 unspecified atom stereocenters. The first-order chi connectivity index (χ1) is 8.61. The summed E-state index contributed by atoms with van der Waals surface area (Å²) in [6.45, 7) is 0. The van der Waals surface area contributed by atoms with Crippen LogP contribution in [0.4, 0.5) is 15.9 Å². The molecule has 0 spiro atoms. The van der Waals surface area contributed by atoms with Crippen LogP contribution in [0, 0.1) is 5.82 Å². The molecule has 0 saturated heterocycles. The molecular formula is C11H8BrClFN3O. The second-order valence-corrected chi connectivity index (χ2v) is 4.51. The summed E-state index contributed by atoms with van der Waals surface area (Å²) in [5.74, 6) is 0.403. The van der Waals surface area contributed by atoms with E-state index in [-0.39, 0.29) is 11.0 Å². The number of nitrogens with one attached hydrogen (secondary N) is 1. The van der Waals surface area contributed by atoms with Crippen molar-refractivity contribution >= 4 is 39.0 Å². The van der Waals surface area contributed by atoms with Crippen LogP contribution in [0.1, 0.15) is 0 Å². The van der Waals surface area contributed by atoms with Gasteiger partial charge < -0.3 is 10.1 Å². The van der Waals surface area contributed by atoms with Crippen LogP contribution in [0.15, 0.2) is 29.0 Å². The van der Waals surface area contributed by atoms with E-state index in [0.717, 1.165) is 0 Å². The van der Waals surface area contributed by atoms with E-state index in [1.165, 1.54) is 25.6 Å². The van der Waals surface area contributed by atoms with E-state index in [1.807, 2.05) is 0 Å². The summed E-state index contributed by atoms with van der Waals surface area (Å²) >= 11 is 9.12. The van der Waals surface area contributed by atoms with Gasteiger partial charge in [0.25, 0.3) is 0 Å². The van der Waals surface area contributed by atoms with Crippen LogP contribution >= 0.6 is 27.5 Å². The molecule has 0 atom stereocenters. The number of hydrogen-bond donors (Lipinski definition) is 1. The monoisotopic (exact) mass is 331 g/mol. The number of methoxy groups -OCH3 is 1. The standard InChI is InChI=1S/C11H8BrClFN3O/c1-18-9-10(13)15-5-16-11(9)17-8-3-2-6(14)4-7(8)12/h2-5H,1H3,(H,15,16,17). The number of aromatic nitrogens is 2. The first kappa shape index (κ1) is 13.0. The average molecular weight is 333 g/mol. The maximum atomic E-state index is 13.0. The molecule has 0 aliphatic rings. The van der Waals surface area contributed by atoms with Gasteiger partial charge in [0.05, 0.1) is 12.8 Å². The molecule has 2 rings (SSSR count). The van der Waals surface area contributed by atoms with Gasteiger partial charge in [-0.15, -0.1) is 0 Å². The highest BCUT2D eigenvalue weighted by Gasteiger charge is 2.11. The smallest absolute Gasteiger partial charge is 0.199 e. The number of ether oxygens (including phenoxy) is 1. The molecule has 2 aromatic rings. The number of halogens is 3. The molecule has 0 saturated carbocycles. The molecule has 1 N–H and O–H groups in total. The zero-order valence-electron chi connectivity index (χ0n) is 9.25. The van der Waals surface area contributed by atoms with Crippen molar-refractivity contribution in [2.24, 2.45) is 0 Å². The zero-order chi connectivity index (χ0) is 13.1. The van der Waals surface area contributed by atoms with Crippen molar-refractivity contribution < 1.29 is 9.13 Å². The van der Waals surface area contributed by atoms with Crippen molar-refractivity contribution in [1.82, 2.24) is 9.97 Å². The highest BCUT2D eigenvalue weighted by atomic mass is 79.9. The summed E-state index contributed by atoms with van der Waals surface area (Å²) in [6, 6.07) is 4.26. The summed E-state index contributed by atoms with van der Waals surface area (Å²) in [7, 11) is 1.47. The molecule has 1 aromatic heterocycles. The Balaban J connectivity index is 2.37. The number of anilines is 2. The topological polar surface area (TPSA) is 47.0 Å². The third-order valence-corrected chi connectivity index (χ3v) is 3.07. The lowest BCUT2D eigenvalue weighted by molar-refractivity contribution is 0.413. The first-order valence-electron chi connectivity index (χ1n) is 4.88. The van der Waals surface area contributed by atoms with Crippen LogP contribution in [-0.2, 0) is 0 Å². The Morgan fingerprint density at radius 3 is 2.83 bits per heavy atom. The van der Waals surface area contributed by atoms with Gasteiger partial charge in [-0.25, -0.2) is 14.4 Å². The fourth-order valence-corrected chi connectivity index (χ4v) is 2.00. The zero-order valence-corrected chi connectivity index (χ0v) is 11.6. The number of rotatable bonds is 3. The number of benzene rings is 1. The molecule has 4 nitrogen and oxygen atoms in total. The molecular weight excluding hydrogens is 324 g/mol. The molecule has 0 fully saturated rings. The molecule has 94 valence electrons. The van der Waals surface area contributed by atoms with Crippen molar-refractivity contribution in [2.75, 3.05) is 12.4 Å². The largest absolute Gasteiger partial charge is 0.490 e. The second-order valence-electron chi connectivity index (χ2n) is 3.30. The van der Waals surface area contributed by atoms with Gasteiger partial charge in [0.15, 0.2) is 16.7 Å². The Kier molecular flexibility index (Phi) is 3.98. The fraction of sp³-hybridized carbons (Fsp3) is 0.0909. The maximum absolute atomic E-state index is 13.0. The van der Waals surface area contributed by atoms with Gasteiger partial charge >= 0.3 is 0 Å². The Bertz CT molecular complexity index is 582. The van der Waals surface area contributed by atoms with E-state index < -0.39 is 0 Å². The Labute approximate surface area is 116 Å². The maximum Gasteiger partial charge on any atom is 0.199 e. The van der Waals surface area contributed by atoms with Crippen molar-refractivity contribution in [2.45, 2.75) is 0 Å². The highest BCUT2D eigenvalue weighted by molar-refractivity contribution is 9.10. The van der Waals surface area contributed by atoms with Crippen LogP contribution in [-0.4, -0.2) is 17.1 Å². The van der Waals surface area contributed by atoms with E-state index >= 15 is 0 Å². The van der Waals surface area contributed by atoms with Gasteiger partial charge in [-0.05, 0) is 34.1 Å². The normalized spacial score (nSPS) is 10.2. The minimum Gasteiger partial charge on any atom is -0.490 e. The van der Waals surface area contributed by atoms with Gasteiger partial charge in [-0.1, -0.05) is 11.6 Å². The molecule has 18 heavy (non-hydrogen) atoms. The predicted molar refractivity (Wildman–Crippen MR) is 71.0 cm³/mol. The second kappa shape index (κ2) is 5.49. The quantitative estimate of drug-likeness (QED) is 0.869. The van der Waals surface area contributed by atoms with E-state index in [4.69, 9.17) is 16.3 Å². The van der Waals surface area contributed by atoms with E-state index in [9.17, 15) is 4.39 Å². The minimum absolute atomic E-state index is 0.202. The first-order valence-corrected chi connectivity index (χ1v) is 6.05. The summed E-state index contributed by atoms with van der Waals surface area (Å²) in [5.41, 5.74) is 0.643. The van der Waals surface area contributed by atoms with Crippen molar-refractivity contribution in [3.63, 3.8) is 0 Å². The molecule has 1 heterocycles. The number of hydrogen-bond acceptors (Lipinski definition) is 4. The average Bonchev–Trinajstić information content (AvgIpc) is 2.33. The van der Waals surface area contributed by atoms with E-state index in [0.29, 0.717) is 21.7 Å². The van der Waals surface area contributed by atoms with E-state index in [2.05, 4.69) is 31.2 Å². The number of nitrogens with zero attached hydrogens (tertiary/aromatic N) is 2. The highest BCUT2D eigenvalue weighted by Crippen LogP contribution is 2.33. The molecule has 0 aliphatic carbocycles. The lowest BCUT2D eigenvalue weighted by Gasteiger charge is -2.11. The third kappa shape index (κ3) is 2.70. The van der Waals surface area contributed by atoms with Crippen molar-refractivity contribution in [3.8, 4) is 5.75 Å². The fourth-order valence-electron chi connectivity index (χ4n) is 1.34. The minimum atomic E-state index is -0.333. The molecule has 0 amide bonds. The van der Waals surface area contributed by atoms with Gasteiger partial charge in [-0.3, -0.25) is 0 Å².